The Morgan fingerprint density at radius 1 is 1.75 bits per heavy atom. The molecule has 0 saturated carbocycles. The zero-order valence-corrected chi connectivity index (χ0v) is 6.73. The number of hydrogen-bond donors (Lipinski definition) is 1. The molecule has 0 aliphatic rings. The van der Waals surface area contributed by atoms with Crippen molar-refractivity contribution in [1.82, 2.24) is 9.55 Å². The molecule has 0 spiro atoms. The fraction of sp³-hybridized carbons (Fsp3) is 0.429. The lowest BCUT2D eigenvalue weighted by atomic mass is 10.6. The lowest BCUT2D eigenvalue weighted by molar-refractivity contribution is 0.272. The summed E-state index contributed by atoms with van der Waals surface area (Å²) in [6.45, 7) is 0.184. The Morgan fingerprint density at radius 2 is 2.50 bits per heavy atom. The number of rotatable bonds is 3. The molecule has 0 aliphatic carbocycles. The van der Waals surface area contributed by atoms with E-state index < -0.39 is 5.69 Å². The van der Waals surface area contributed by atoms with Crippen molar-refractivity contribution in [2.24, 2.45) is 0 Å². The normalized spacial score (nSPS) is 9.83. The molecule has 0 radical (unpaired) electrons. The Balaban J connectivity index is 2.96. The van der Waals surface area contributed by atoms with Crippen molar-refractivity contribution in [3.63, 3.8) is 0 Å². The highest BCUT2D eigenvalue weighted by Gasteiger charge is 1.97. The van der Waals surface area contributed by atoms with Crippen molar-refractivity contribution in [2.45, 2.75) is 6.54 Å². The number of aliphatic hydroxyl groups excluding tert-OH is 1. The lowest BCUT2D eigenvalue weighted by Gasteiger charge is -2.02. The smallest absolute Gasteiger partial charge is 0.350 e. The summed E-state index contributed by atoms with van der Waals surface area (Å²) in [6, 6.07) is 1.57. The van der Waals surface area contributed by atoms with Gasteiger partial charge in [-0.05, 0) is 0 Å². The van der Waals surface area contributed by atoms with Gasteiger partial charge in [0.05, 0.1) is 20.3 Å². The van der Waals surface area contributed by atoms with Gasteiger partial charge in [0.2, 0.25) is 5.88 Å². The van der Waals surface area contributed by atoms with Gasteiger partial charge in [0.15, 0.2) is 0 Å². The van der Waals surface area contributed by atoms with Crippen LogP contribution in [-0.2, 0) is 6.54 Å². The summed E-state index contributed by atoms with van der Waals surface area (Å²) in [5.41, 5.74) is -0.414. The summed E-state index contributed by atoms with van der Waals surface area (Å²) in [5, 5.41) is 8.55. The zero-order valence-electron chi connectivity index (χ0n) is 6.73. The largest absolute Gasteiger partial charge is 0.481 e. The van der Waals surface area contributed by atoms with Crippen LogP contribution in [0.5, 0.6) is 5.88 Å². The molecule has 1 heterocycles. The first-order valence-electron chi connectivity index (χ1n) is 3.50. The van der Waals surface area contributed by atoms with E-state index in [0.29, 0.717) is 0 Å². The molecule has 1 aromatic rings. The summed E-state index contributed by atoms with van der Waals surface area (Å²) in [6.07, 6.45) is 1.53. The highest BCUT2D eigenvalue weighted by Crippen LogP contribution is 1.98. The van der Waals surface area contributed by atoms with E-state index in [1.54, 1.807) is 6.07 Å². The number of nitrogens with zero attached hydrogens (tertiary/aromatic N) is 2. The van der Waals surface area contributed by atoms with Crippen molar-refractivity contribution in [2.75, 3.05) is 13.7 Å². The summed E-state index contributed by atoms with van der Waals surface area (Å²) in [7, 11) is 1.44. The number of methoxy groups -OCH3 is 1. The van der Waals surface area contributed by atoms with Crippen LogP contribution < -0.4 is 10.4 Å². The van der Waals surface area contributed by atoms with Gasteiger partial charge in [-0.15, -0.1) is 0 Å². The van der Waals surface area contributed by atoms with Gasteiger partial charge in [0, 0.05) is 12.3 Å². The van der Waals surface area contributed by atoms with E-state index >= 15 is 0 Å². The second-order valence-corrected chi connectivity index (χ2v) is 2.17. The second-order valence-electron chi connectivity index (χ2n) is 2.17. The standard InChI is InChI=1S/C7H10N2O3/c1-12-6-2-3-9(4-5-10)7(11)8-6/h2-3,10H,4-5H2,1H3. The highest BCUT2D eigenvalue weighted by molar-refractivity contribution is 5.05. The maximum Gasteiger partial charge on any atom is 0.350 e. The highest BCUT2D eigenvalue weighted by atomic mass is 16.5. The Morgan fingerprint density at radius 3 is 3.00 bits per heavy atom. The third-order valence-corrected chi connectivity index (χ3v) is 1.40. The quantitative estimate of drug-likeness (QED) is 0.648. The lowest BCUT2D eigenvalue weighted by Crippen LogP contribution is -2.23. The molecule has 12 heavy (non-hydrogen) atoms. The minimum absolute atomic E-state index is 0.0755. The number of aromatic nitrogens is 2. The third kappa shape index (κ3) is 1.82. The summed E-state index contributed by atoms with van der Waals surface area (Å²) >= 11 is 0. The topological polar surface area (TPSA) is 64.3 Å². The molecule has 1 rings (SSSR count). The molecule has 0 saturated heterocycles. The van der Waals surface area contributed by atoms with Gasteiger partial charge in [-0.1, -0.05) is 0 Å². The van der Waals surface area contributed by atoms with Gasteiger partial charge in [0.1, 0.15) is 0 Å². The maximum absolute atomic E-state index is 11.0. The molecule has 66 valence electrons. The minimum Gasteiger partial charge on any atom is -0.481 e. The average Bonchev–Trinajstić information content (AvgIpc) is 2.09. The van der Waals surface area contributed by atoms with Crippen LogP contribution in [0.1, 0.15) is 0 Å². The molecule has 5 nitrogen and oxygen atoms in total. The fourth-order valence-electron chi connectivity index (χ4n) is 0.805. The fourth-order valence-corrected chi connectivity index (χ4v) is 0.805. The summed E-state index contributed by atoms with van der Waals surface area (Å²) in [5.74, 6) is 0.286. The predicted octanol–water partition coefficient (Wildman–Crippen LogP) is -0.756. The SMILES string of the molecule is COc1ccn(CCO)c(=O)n1. The van der Waals surface area contributed by atoms with Gasteiger partial charge in [0.25, 0.3) is 0 Å². The molecule has 0 atom stereocenters. The number of ether oxygens (including phenoxy) is 1. The Kier molecular flexibility index (Phi) is 2.82. The van der Waals surface area contributed by atoms with Crippen LogP contribution >= 0.6 is 0 Å². The monoisotopic (exact) mass is 170 g/mol. The molecule has 0 aromatic carbocycles. The molecule has 0 unspecified atom stereocenters. The van der Waals surface area contributed by atoms with E-state index in [1.807, 2.05) is 0 Å². The van der Waals surface area contributed by atoms with E-state index in [0.717, 1.165) is 0 Å². The molecule has 5 heteroatoms. The van der Waals surface area contributed by atoms with Crippen LogP contribution in [0.4, 0.5) is 0 Å². The summed E-state index contributed by atoms with van der Waals surface area (Å²) in [4.78, 5) is 14.6. The van der Waals surface area contributed by atoms with Gasteiger partial charge >= 0.3 is 5.69 Å². The van der Waals surface area contributed by atoms with Gasteiger partial charge in [-0.2, -0.15) is 4.98 Å². The van der Waals surface area contributed by atoms with Crippen LogP contribution in [0.3, 0.4) is 0 Å². The van der Waals surface area contributed by atoms with Crippen LogP contribution in [0.2, 0.25) is 0 Å². The van der Waals surface area contributed by atoms with Crippen molar-refractivity contribution in [3.8, 4) is 5.88 Å². The zero-order chi connectivity index (χ0) is 8.97. The number of hydrogen-bond acceptors (Lipinski definition) is 4. The van der Waals surface area contributed by atoms with E-state index in [9.17, 15) is 4.79 Å². The molecular weight excluding hydrogens is 160 g/mol. The predicted molar refractivity (Wildman–Crippen MR) is 42.1 cm³/mol. The Labute approximate surface area is 69.2 Å². The maximum atomic E-state index is 11.0. The van der Waals surface area contributed by atoms with E-state index in [1.165, 1.54) is 17.9 Å². The van der Waals surface area contributed by atoms with Crippen LogP contribution in [-0.4, -0.2) is 28.4 Å². The van der Waals surface area contributed by atoms with Crippen molar-refractivity contribution in [3.05, 3.63) is 22.7 Å². The molecule has 1 N–H and O–H groups in total. The van der Waals surface area contributed by atoms with Gasteiger partial charge < -0.3 is 9.84 Å². The van der Waals surface area contributed by atoms with Crippen molar-refractivity contribution >= 4 is 0 Å². The molecular formula is C7H10N2O3. The van der Waals surface area contributed by atoms with E-state index in [2.05, 4.69) is 4.98 Å². The molecule has 0 bridgehead atoms. The summed E-state index contributed by atoms with van der Waals surface area (Å²) < 4.78 is 6.05. The average molecular weight is 170 g/mol. The van der Waals surface area contributed by atoms with Crippen LogP contribution in [0.15, 0.2) is 17.1 Å². The molecule has 0 aliphatic heterocycles. The number of aliphatic hydroxyl groups is 1. The van der Waals surface area contributed by atoms with E-state index in [4.69, 9.17) is 9.84 Å². The van der Waals surface area contributed by atoms with E-state index in [-0.39, 0.29) is 19.0 Å². The first-order valence-corrected chi connectivity index (χ1v) is 3.50. The van der Waals surface area contributed by atoms with Crippen molar-refractivity contribution in [1.29, 1.82) is 0 Å². The molecule has 0 fully saturated rings. The van der Waals surface area contributed by atoms with Crippen LogP contribution in [0.25, 0.3) is 0 Å². The Bertz CT molecular complexity index is 308. The first-order chi connectivity index (χ1) is 5.77. The molecule has 1 aromatic heterocycles. The first kappa shape index (κ1) is 8.73. The Hall–Kier alpha value is -1.36. The second kappa shape index (κ2) is 3.87. The van der Waals surface area contributed by atoms with Crippen LogP contribution in [0, 0.1) is 0 Å². The van der Waals surface area contributed by atoms with Crippen molar-refractivity contribution < 1.29 is 9.84 Å². The third-order valence-electron chi connectivity index (χ3n) is 1.40. The minimum atomic E-state index is -0.414. The van der Waals surface area contributed by atoms with Gasteiger partial charge in [-0.25, -0.2) is 4.79 Å². The molecule has 0 amide bonds. The van der Waals surface area contributed by atoms with Gasteiger partial charge in [-0.3, -0.25) is 4.57 Å².